The van der Waals surface area contributed by atoms with Crippen LogP contribution in [-0.4, -0.2) is 9.13 Å². The number of nitrogens with zero attached hydrogens (tertiary/aromatic N) is 3. The number of anilines is 3. The molecule has 0 aliphatic rings. The number of thiophene rings is 1. The van der Waals surface area contributed by atoms with Gasteiger partial charge in [0.15, 0.2) is 0 Å². The molecule has 0 aliphatic heterocycles. The maximum absolute atomic E-state index is 2.44. The average Bonchev–Trinajstić information content (AvgIpc) is 3.92. The molecule has 0 saturated carbocycles. The summed E-state index contributed by atoms with van der Waals surface area (Å²) in [6.07, 6.45) is 0. The zero-order chi connectivity index (χ0) is 36.7. The summed E-state index contributed by atoms with van der Waals surface area (Å²) in [7, 11) is 0. The highest BCUT2D eigenvalue weighted by atomic mass is 32.1. The third-order valence-corrected chi connectivity index (χ3v) is 12.6. The van der Waals surface area contributed by atoms with Crippen molar-refractivity contribution in [2.75, 3.05) is 4.90 Å². The van der Waals surface area contributed by atoms with E-state index in [4.69, 9.17) is 0 Å². The highest BCUT2D eigenvalue weighted by molar-refractivity contribution is 7.25. The first-order valence-electron chi connectivity index (χ1n) is 19.1. The maximum Gasteiger partial charge on any atom is 0.0619 e. The normalized spacial score (nSPS) is 11.9. The van der Waals surface area contributed by atoms with Gasteiger partial charge in [-0.25, -0.2) is 0 Å². The van der Waals surface area contributed by atoms with Crippen molar-refractivity contribution in [1.82, 2.24) is 9.13 Å². The SMILES string of the molecule is c1ccc(-n2c3ccccc3c3ccc(N(c4ccc(-n5c6ccccc6c6ccc7ccccc7c65)cc4)c4ccc5c(c4)sc4ccccc45)cc32)cc1. The smallest absolute Gasteiger partial charge is 0.0619 e. The van der Waals surface area contributed by atoms with Gasteiger partial charge in [-0.15, -0.1) is 11.3 Å². The van der Waals surface area contributed by atoms with E-state index >= 15 is 0 Å². The Morgan fingerprint density at radius 1 is 0.321 bits per heavy atom. The predicted octanol–water partition coefficient (Wildman–Crippen LogP) is 14.9. The minimum atomic E-state index is 1.10. The summed E-state index contributed by atoms with van der Waals surface area (Å²) in [6.45, 7) is 0. The van der Waals surface area contributed by atoms with Gasteiger partial charge in [-0.2, -0.15) is 0 Å². The van der Waals surface area contributed by atoms with Crippen molar-refractivity contribution in [1.29, 1.82) is 0 Å². The standard InChI is InChI=1S/C52H33N3S/c1-2-13-35(14-3-1)54-47-19-9-6-16-41(47)43-30-27-38(32-49(43)54)53(39-28-31-45-44-18-8-11-21-50(44)56-51(45)33-39)36-23-25-37(26-24-36)55-48-20-10-7-17-42(48)46-29-22-34-12-4-5-15-40(34)52(46)55/h1-33H. The van der Waals surface area contributed by atoms with E-state index in [-0.39, 0.29) is 0 Å². The molecule has 0 unspecified atom stereocenters. The molecule has 0 radical (unpaired) electrons. The molecule has 0 spiro atoms. The van der Waals surface area contributed by atoms with Crippen LogP contribution in [0.3, 0.4) is 0 Å². The Kier molecular flexibility index (Phi) is 6.80. The second kappa shape index (κ2) is 12.2. The maximum atomic E-state index is 2.44. The van der Waals surface area contributed by atoms with Crippen LogP contribution in [0.15, 0.2) is 200 Å². The van der Waals surface area contributed by atoms with Crippen molar-refractivity contribution < 1.29 is 0 Å². The first kappa shape index (κ1) is 31.2. The average molecular weight is 732 g/mol. The fourth-order valence-corrected chi connectivity index (χ4v) is 10.1. The van der Waals surface area contributed by atoms with Crippen LogP contribution >= 0.6 is 11.3 Å². The molecule has 12 aromatic rings. The molecule has 0 saturated heterocycles. The highest BCUT2D eigenvalue weighted by Gasteiger charge is 2.20. The van der Waals surface area contributed by atoms with Crippen molar-refractivity contribution in [2.24, 2.45) is 0 Å². The summed E-state index contributed by atoms with van der Waals surface area (Å²) in [5, 5.41) is 10.1. The van der Waals surface area contributed by atoms with Crippen LogP contribution in [0, 0.1) is 0 Å². The third kappa shape index (κ3) is 4.63. The van der Waals surface area contributed by atoms with Crippen molar-refractivity contribution in [2.45, 2.75) is 0 Å². The molecule has 0 fully saturated rings. The lowest BCUT2D eigenvalue weighted by atomic mass is 10.1. The van der Waals surface area contributed by atoms with Gasteiger partial charge in [-0.1, -0.05) is 121 Å². The molecule has 4 heteroatoms. The second-order valence-electron chi connectivity index (χ2n) is 14.6. The fraction of sp³-hybridized carbons (Fsp3) is 0. The molecule has 0 atom stereocenters. The first-order chi connectivity index (χ1) is 27.8. The number of benzene rings is 9. The lowest BCUT2D eigenvalue weighted by Crippen LogP contribution is -2.10. The van der Waals surface area contributed by atoms with E-state index in [2.05, 4.69) is 214 Å². The molecule has 3 nitrogen and oxygen atoms in total. The lowest BCUT2D eigenvalue weighted by molar-refractivity contribution is 1.17. The number of para-hydroxylation sites is 3. The summed E-state index contributed by atoms with van der Waals surface area (Å²) in [6, 6.07) is 73.2. The van der Waals surface area contributed by atoms with Gasteiger partial charge in [0.2, 0.25) is 0 Å². The largest absolute Gasteiger partial charge is 0.310 e. The van der Waals surface area contributed by atoms with Crippen molar-refractivity contribution in [3.8, 4) is 11.4 Å². The van der Waals surface area contributed by atoms with E-state index in [0.29, 0.717) is 0 Å². The molecule has 0 aliphatic carbocycles. The molecule has 3 heterocycles. The van der Waals surface area contributed by atoms with Crippen LogP contribution in [0.1, 0.15) is 0 Å². The summed E-state index contributed by atoms with van der Waals surface area (Å²) >= 11 is 1.86. The quantitative estimate of drug-likeness (QED) is 0.172. The molecule has 12 rings (SSSR count). The number of rotatable bonds is 5. The van der Waals surface area contributed by atoms with Gasteiger partial charge in [-0.3, -0.25) is 0 Å². The van der Waals surface area contributed by atoms with E-state index in [1.165, 1.54) is 74.6 Å². The Morgan fingerprint density at radius 3 is 1.66 bits per heavy atom. The summed E-state index contributed by atoms with van der Waals surface area (Å²) in [5.41, 5.74) is 10.4. The lowest BCUT2D eigenvalue weighted by Gasteiger charge is -2.26. The van der Waals surface area contributed by atoms with E-state index in [9.17, 15) is 0 Å². The van der Waals surface area contributed by atoms with Crippen molar-refractivity contribution >= 4 is 103 Å². The topological polar surface area (TPSA) is 13.1 Å². The van der Waals surface area contributed by atoms with Gasteiger partial charge in [0.25, 0.3) is 0 Å². The Labute approximate surface area is 327 Å². The monoisotopic (exact) mass is 731 g/mol. The number of hydrogen-bond donors (Lipinski definition) is 0. The van der Waals surface area contributed by atoms with Gasteiger partial charge >= 0.3 is 0 Å². The van der Waals surface area contributed by atoms with Gasteiger partial charge in [-0.05, 0) is 84.2 Å². The Balaban J connectivity index is 1.08. The van der Waals surface area contributed by atoms with Crippen LogP contribution in [0.25, 0.3) is 85.9 Å². The van der Waals surface area contributed by atoms with Crippen molar-refractivity contribution in [3.63, 3.8) is 0 Å². The molecule has 3 aromatic heterocycles. The molecular weight excluding hydrogens is 699 g/mol. The van der Waals surface area contributed by atoms with Crippen LogP contribution in [0.2, 0.25) is 0 Å². The molecule has 0 amide bonds. The summed E-state index contributed by atoms with van der Waals surface area (Å²) in [5.74, 6) is 0. The molecular formula is C52H33N3S. The summed E-state index contributed by atoms with van der Waals surface area (Å²) < 4.78 is 7.43. The second-order valence-corrected chi connectivity index (χ2v) is 15.6. The minimum absolute atomic E-state index is 1.10. The molecule has 262 valence electrons. The first-order valence-corrected chi connectivity index (χ1v) is 19.9. The van der Waals surface area contributed by atoms with E-state index in [1.54, 1.807) is 0 Å². The van der Waals surface area contributed by atoms with Gasteiger partial charge in [0, 0.05) is 75.5 Å². The Hall–Kier alpha value is -7.14. The molecule has 9 aromatic carbocycles. The number of fused-ring (bicyclic) bond motifs is 11. The minimum Gasteiger partial charge on any atom is -0.310 e. The van der Waals surface area contributed by atoms with Crippen LogP contribution in [0.4, 0.5) is 17.1 Å². The molecule has 0 N–H and O–H groups in total. The Morgan fingerprint density at radius 2 is 0.857 bits per heavy atom. The van der Waals surface area contributed by atoms with Crippen LogP contribution in [-0.2, 0) is 0 Å². The zero-order valence-corrected chi connectivity index (χ0v) is 31.1. The zero-order valence-electron chi connectivity index (χ0n) is 30.3. The van der Waals surface area contributed by atoms with Gasteiger partial charge in [0.1, 0.15) is 0 Å². The number of aromatic nitrogens is 2. The van der Waals surface area contributed by atoms with E-state index in [1.807, 2.05) is 11.3 Å². The third-order valence-electron chi connectivity index (χ3n) is 11.5. The van der Waals surface area contributed by atoms with Gasteiger partial charge in [0.05, 0.1) is 22.1 Å². The Bertz CT molecular complexity index is 3480. The number of hydrogen-bond acceptors (Lipinski definition) is 2. The van der Waals surface area contributed by atoms with Crippen LogP contribution in [0.5, 0.6) is 0 Å². The highest BCUT2D eigenvalue weighted by Crippen LogP contribution is 2.44. The predicted molar refractivity (Wildman–Crippen MR) is 240 cm³/mol. The van der Waals surface area contributed by atoms with E-state index in [0.717, 1.165) is 28.4 Å². The van der Waals surface area contributed by atoms with Crippen molar-refractivity contribution in [3.05, 3.63) is 200 Å². The molecule has 0 bridgehead atoms. The fourth-order valence-electron chi connectivity index (χ4n) is 9.00. The van der Waals surface area contributed by atoms with Gasteiger partial charge < -0.3 is 14.0 Å². The molecule has 56 heavy (non-hydrogen) atoms. The van der Waals surface area contributed by atoms with Crippen LogP contribution < -0.4 is 4.90 Å². The summed E-state index contributed by atoms with van der Waals surface area (Å²) in [4.78, 5) is 2.42. The van der Waals surface area contributed by atoms with E-state index < -0.39 is 0 Å².